The molecule has 0 aromatic heterocycles. The highest BCUT2D eigenvalue weighted by molar-refractivity contribution is 5.80. The summed E-state index contributed by atoms with van der Waals surface area (Å²) in [5.74, 6) is -0.593. The van der Waals surface area contributed by atoms with Crippen molar-refractivity contribution < 1.29 is 14.7 Å². The molecule has 0 aromatic rings. The van der Waals surface area contributed by atoms with Crippen LogP contribution >= 0.6 is 0 Å². The first-order chi connectivity index (χ1) is 9.52. The Morgan fingerprint density at radius 2 is 2.00 bits per heavy atom. The number of nitrogens with one attached hydrogen (secondary N) is 1. The van der Waals surface area contributed by atoms with Gasteiger partial charge in [-0.05, 0) is 38.3 Å². The van der Waals surface area contributed by atoms with Gasteiger partial charge in [-0.25, -0.2) is 4.79 Å². The van der Waals surface area contributed by atoms with Crippen LogP contribution in [-0.4, -0.2) is 66.2 Å². The summed E-state index contributed by atoms with van der Waals surface area (Å²) in [5, 5.41) is 11.6. The molecule has 1 heterocycles. The summed E-state index contributed by atoms with van der Waals surface area (Å²) in [6.07, 6.45) is 3.29. The zero-order chi connectivity index (χ0) is 15.0. The van der Waals surface area contributed by atoms with E-state index in [1.54, 1.807) is 0 Å². The molecule has 1 saturated heterocycles. The largest absolute Gasteiger partial charge is 0.480 e. The summed E-state index contributed by atoms with van der Waals surface area (Å²) in [6, 6.07) is -0.275. The molecule has 2 amide bonds. The second-order valence-corrected chi connectivity index (χ2v) is 5.61. The summed E-state index contributed by atoms with van der Waals surface area (Å²) < 4.78 is 0. The van der Waals surface area contributed by atoms with E-state index in [1.807, 2.05) is 6.92 Å². The van der Waals surface area contributed by atoms with Gasteiger partial charge in [0.1, 0.15) is 6.54 Å². The van der Waals surface area contributed by atoms with Gasteiger partial charge in [0.2, 0.25) is 0 Å². The van der Waals surface area contributed by atoms with Crippen molar-refractivity contribution >= 4 is 12.0 Å². The van der Waals surface area contributed by atoms with E-state index >= 15 is 0 Å². The van der Waals surface area contributed by atoms with E-state index in [1.165, 1.54) is 17.7 Å². The SMILES string of the molecule is CCCN(CC(=O)O)C(=O)NCC(C)CN1CCCC1. The standard InChI is InChI=1S/C14H27N3O3/c1-3-6-17(11-13(18)19)14(20)15-9-12(2)10-16-7-4-5-8-16/h12H,3-11H2,1-2H3,(H,15,20)(H,18,19). The predicted octanol–water partition coefficient (Wildman–Crippen LogP) is 1.22. The van der Waals surface area contributed by atoms with Crippen LogP contribution in [0.5, 0.6) is 0 Å². The number of rotatable bonds is 8. The number of hydrogen-bond donors (Lipinski definition) is 2. The molecule has 0 bridgehead atoms. The number of carboxylic acid groups (broad SMARTS) is 1. The molecular formula is C14H27N3O3. The molecule has 0 radical (unpaired) electrons. The number of carbonyl (C=O) groups excluding carboxylic acids is 1. The molecule has 1 atom stereocenters. The van der Waals surface area contributed by atoms with Crippen molar-refractivity contribution in [3.8, 4) is 0 Å². The van der Waals surface area contributed by atoms with E-state index in [4.69, 9.17) is 5.11 Å². The molecule has 6 heteroatoms. The van der Waals surface area contributed by atoms with E-state index in [0.717, 1.165) is 26.1 Å². The van der Waals surface area contributed by atoms with E-state index in [9.17, 15) is 9.59 Å². The fraction of sp³-hybridized carbons (Fsp3) is 0.857. The second-order valence-electron chi connectivity index (χ2n) is 5.61. The molecule has 1 unspecified atom stereocenters. The first kappa shape index (κ1) is 16.8. The van der Waals surface area contributed by atoms with Crippen LogP contribution in [0.3, 0.4) is 0 Å². The summed E-state index contributed by atoms with van der Waals surface area (Å²) in [7, 11) is 0. The van der Waals surface area contributed by atoms with Crippen molar-refractivity contribution in [2.24, 2.45) is 5.92 Å². The molecule has 0 spiro atoms. The average Bonchev–Trinajstić information content (AvgIpc) is 2.87. The molecule has 1 fully saturated rings. The molecule has 1 aliphatic heterocycles. The molecule has 116 valence electrons. The van der Waals surface area contributed by atoms with Gasteiger partial charge in [0.05, 0.1) is 0 Å². The van der Waals surface area contributed by atoms with Gasteiger partial charge in [0.25, 0.3) is 0 Å². The van der Waals surface area contributed by atoms with Crippen molar-refractivity contribution in [2.45, 2.75) is 33.1 Å². The minimum absolute atomic E-state index is 0.236. The Bertz CT molecular complexity index is 317. The number of carbonyl (C=O) groups is 2. The lowest BCUT2D eigenvalue weighted by molar-refractivity contribution is -0.137. The maximum Gasteiger partial charge on any atom is 0.323 e. The number of aliphatic carboxylic acids is 1. The van der Waals surface area contributed by atoms with Crippen LogP contribution in [0.15, 0.2) is 0 Å². The third-order valence-corrected chi connectivity index (χ3v) is 3.48. The van der Waals surface area contributed by atoms with Gasteiger partial charge < -0.3 is 20.2 Å². The van der Waals surface area contributed by atoms with Gasteiger partial charge in [0.15, 0.2) is 0 Å². The molecule has 0 saturated carbocycles. The number of nitrogens with zero attached hydrogens (tertiary/aromatic N) is 2. The number of amides is 2. The third-order valence-electron chi connectivity index (χ3n) is 3.48. The van der Waals surface area contributed by atoms with Crippen molar-refractivity contribution in [1.29, 1.82) is 0 Å². The van der Waals surface area contributed by atoms with Crippen LogP contribution in [0.25, 0.3) is 0 Å². The Balaban J connectivity index is 2.29. The Hall–Kier alpha value is -1.30. The molecule has 2 N–H and O–H groups in total. The molecule has 6 nitrogen and oxygen atoms in total. The van der Waals surface area contributed by atoms with Gasteiger partial charge in [-0.1, -0.05) is 13.8 Å². The number of carboxylic acids is 1. The Morgan fingerprint density at radius 3 is 2.55 bits per heavy atom. The number of likely N-dealkylation sites (tertiary alicyclic amines) is 1. The zero-order valence-electron chi connectivity index (χ0n) is 12.6. The molecule has 0 aromatic carbocycles. The lowest BCUT2D eigenvalue weighted by atomic mass is 10.1. The Labute approximate surface area is 121 Å². The number of hydrogen-bond acceptors (Lipinski definition) is 3. The fourth-order valence-corrected chi connectivity index (χ4v) is 2.53. The van der Waals surface area contributed by atoms with Crippen LogP contribution in [0.1, 0.15) is 33.1 Å². The predicted molar refractivity (Wildman–Crippen MR) is 77.7 cm³/mol. The van der Waals surface area contributed by atoms with Gasteiger partial charge in [-0.3, -0.25) is 4.79 Å². The second kappa shape index (κ2) is 8.79. The Kier molecular flexibility index (Phi) is 7.36. The molecule has 0 aliphatic carbocycles. The first-order valence-electron chi connectivity index (χ1n) is 7.49. The average molecular weight is 285 g/mol. The molecular weight excluding hydrogens is 258 g/mol. The van der Waals surface area contributed by atoms with Crippen molar-refractivity contribution in [1.82, 2.24) is 15.1 Å². The van der Waals surface area contributed by atoms with E-state index in [-0.39, 0.29) is 12.6 Å². The summed E-state index contributed by atoms with van der Waals surface area (Å²) in [6.45, 7) is 8.16. The molecule has 20 heavy (non-hydrogen) atoms. The van der Waals surface area contributed by atoms with E-state index in [0.29, 0.717) is 19.0 Å². The summed E-state index contributed by atoms with van der Waals surface area (Å²) in [4.78, 5) is 26.4. The van der Waals surface area contributed by atoms with Crippen molar-refractivity contribution in [2.75, 3.05) is 39.3 Å². The van der Waals surface area contributed by atoms with Gasteiger partial charge in [-0.2, -0.15) is 0 Å². The van der Waals surface area contributed by atoms with Gasteiger partial charge in [0, 0.05) is 19.6 Å². The zero-order valence-corrected chi connectivity index (χ0v) is 12.6. The topological polar surface area (TPSA) is 72.9 Å². The number of urea groups is 1. The molecule has 1 rings (SSSR count). The third kappa shape index (κ3) is 6.23. The minimum atomic E-state index is -0.973. The maximum atomic E-state index is 11.9. The lowest BCUT2D eigenvalue weighted by Crippen LogP contribution is -2.45. The monoisotopic (exact) mass is 285 g/mol. The van der Waals surface area contributed by atoms with Crippen LogP contribution in [0, 0.1) is 5.92 Å². The van der Waals surface area contributed by atoms with E-state index in [2.05, 4.69) is 17.1 Å². The normalized spacial score (nSPS) is 16.9. The smallest absolute Gasteiger partial charge is 0.323 e. The van der Waals surface area contributed by atoms with Gasteiger partial charge >= 0.3 is 12.0 Å². The first-order valence-corrected chi connectivity index (χ1v) is 7.49. The highest BCUT2D eigenvalue weighted by atomic mass is 16.4. The Morgan fingerprint density at radius 1 is 1.35 bits per heavy atom. The maximum absolute atomic E-state index is 11.9. The highest BCUT2D eigenvalue weighted by Gasteiger charge is 2.18. The minimum Gasteiger partial charge on any atom is -0.480 e. The summed E-state index contributed by atoms with van der Waals surface area (Å²) in [5.41, 5.74) is 0. The van der Waals surface area contributed by atoms with Crippen molar-refractivity contribution in [3.63, 3.8) is 0 Å². The van der Waals surface area contributed by atoms with Crippen LogP contribution in [0.4, 0.5) is 4.79 Å². The fourth-order valence-electron chi connectivity index (χ4n) is 2.53. The summed E-state index contributed by atoms with van der Waals surface area (Å²) >= 11 is 0. The molecule has 1 aliphatic rings. The van der Waals surface area contributed by atoms with Gasteiger partial charge in [-0.15, -0.1) is 0 Å². The van der Waals surface area contributed by atoms with Crippen molar-refractivity contribution in [3.05, 3.63) is 0 Å². The quantitative estimate of drug-likeness (QED) is 0.703. The van der Waals surface area contributed by atoms with E-state index < -0.39 is 5.97 Å². The van der Waals surface area contributed by atoms with Crippen LogP contribution < -0.4 is 5.32 Å². The lowest BCUT2D eigenvalue weighted by Gasteiger charge is -2.24. The van der Waals surface area contributed by atoms with Crippen LogP contribution in [-0.2, 0) is 4.79 Å². The highest BCUT2D eigenvalue weighted by Crippen LogP contribution is 2.09. The van der Waals surface area contributed by atoms with Crippen LogP contribution in [0.2, 0.25) is 0 Å².